The van der Waals surface area contributed by atoms with Gasteiger partial charge in [-0.25, -0.2) is 12.7 Å². The standard InChI is InChI=1S/C15H23N3O3SSi/c1-11-6-8-12(9-7-11)22(20,21)18(2)15(19)13-10-14(17-16-13)23(3,4)5/h6-9,13-14H,10H2,1-5H3. The van der Waals surface area contributed by atoms with Crippen LogP contribution < -0.4 is 0 Å². The molecule has 0 spiro atoms. The molecule has 1 aromatic carbocycles. The van der Waals surface area contributed by atoms with Crippen molar-refractivity contribution < 1.29 is 13.2 Å². The molecule has 23 heavy (non-hydrogen) atoms. The van der Waals surface area contributed by atoms with Crippen LogP contribution in [0.5, 0.6) is 0 Å². The lowest BCUT2D eigenvalue weighted by Crippen LogP contribution is -2.42. The van der Waals surface area contributed by atoms with Crippen LogP contribution in [0.3, 0.4) is 0 Å². The molecule has 0 saturated heterocycles. The predicted octanol–water partition coefficient (Wildman–Crippen LogP) is 2.61. The van der Waals surface area contributed by atoms with Crippen molar-refractivity contribution in [2.75, 3.05) is 7.05 Å². The van der Waals surface area contributed by atoms with Crippen molar-refractivity contribution in [1.82, 2.24) is 4.31 Å². The van der Waals surface area contributed by atoms with Crippen molar-refractivity contribution in [3.05, 3.63) is 29.8 Å². The molecule has 2 atom stereocenters. The highest BCUT2D eigenvalue weighted by molar-refractivity contribution is 7.89. The minimum Gasteiger partial charge on any atom is -0.271 e. The Morgan fingerprint density at radius 1 is 1.17 bits per heavy atom. The van der Waals surface area contributed by atoms with E-state index < -0.39 is 30.0 Å². The zero-order valence-corrected chi connectivity index (χ0v) is 16.0. The van der Waals surface area contributed by atoms with E-state index in [2.05, 4.69) is 29.9 Å². The topological polar surface area (TPSA) is 79.2 Å². The first kappa shape index (κ1) is 17.8. The fraction of sp³-hybridized carbons (Fsp3) is 0.533. The third-order valence-electron chi connectivity index (χ3n) is 4.07. The number of carbonyl (C=O) groups excluding carboxylic acids is 1. The van der Waals surface area contributed by atoms with Gasteiger partial charge in [-0.15, -0.1) is 0 Å². The first-order valence-corrected chi connectivity index (χ1v) is 12.5. The van der Waals surface area contributed by atoms with Gasteiger partial charge >= 0.3 is 0 Å². The summed E-state index contributed by atoms with van der Waals surface area (Å²) in [4.78, 5) is 12.6. The van der Waals surface area contributed by atoms with Crippen molar-refractivity contribution in [2.24, 2.45) is 10.2 Å². The van der Waals surface area contributed by atoms with E-state index in [1.54, 1.807) is 12.1 Å². The van der Waals surface area contributed by atoms with Gasteiger partial charge in [0, 0.05) is 13.5 Å². The van der Waals surface area contributed by atoms with E-state index in [0.717, 1.165) is 9.87 Å². The lowest BCUT2D eigenvalue weighted by molar-refractivity contribution is -0.126. The molecule has 1 aliphatic heterocycles. The van der Waals surface area contributed by atoms with Crippen LogP contribution in [0, 0.1) is 6.92 Å². The molecular weight excluding hydrogens is 330 g/mol. The quantitative estimate of drug-likeness (QED) is 0.781. The van der Waals surface area contributed by atoms with Gasteiger partial charge in [-0.1, -0.05) is 37.3 Å². The molecular formula is C15H23N3O3SSi. The minimum absolute atomic E-state index is 0.0620. The van der Waals surface area contributed by atoms with Crippen molar-refractivity contribution in [3.8, 4) is 0 Å². The number of amides is 1. The molecule has 0 N–H and O–H groups in total. The highest BCUT2D eigenvalue weighted by Gasteiger charge is 2.39. The molecule has 0 bridgehead atoms. The molecule has 1 aliphatic rings. The number of hydrogen-bond acceptors (Lipinski definition) is 5. The fourth-order valence-electron chi connectivity index (χ4n) is 2.34. The summed E-state index contributed by atoms with van der Waals surface area (Å²) in [5.74, 6) is -0.518. The average Bonchev–Trinajstić information content (AvgIpc) is 2.96. The Labute approximate surface area is 138 Å². The third-order valence-corrected chi connectivity index (χ3v) is 8.19. The Bertz CT molecular complexity index is 723. The van der Waals surface area contributed by atoms with Crippen molar-refractivity contribution in [2.45, 2.75) is 49.6 Å². The van der Waals surface area contributed by atoms with E-state index in [1.807, 2.05) is 6.92 Å². The van der Waals surface area contributed by atoms with Crippen LogP contribution in [0.2, 0.25) is 19.6 Å². The van der Waals surface area contributed by atoms with Crippen LogP contribution in [0.25, 0.3) is 0 Å². The number of hydrogen-bond donors (Lipinski definition) is 0. The summed E-state index contributed by atoms with van der Waals surface area (Å²) in [6, 6.07) is 5.74. The van der Waals surface area contributed by atoms with Crippen molar-refractivity contribution in [1.29, 1.82) is 0 Å². The maximum atomic E-state index is 12.6. The lowest BCUT2D eigenvalue weighted by Gasteiger charge is -2.22. The second-order valence-corrected chi connectivity index (χ2v) is 14.4. The molecule has 0 aromatic heterocycles. The van der Waals surface area contributed by atoms with Crippen LogP contribution >= 0.6 is 0 Å². The third kappa shape index (κ3) is 3.69. The summed E-state index contributed by atoms with van der Waals surface area (Å²) < 4.78 is 25.9. The van der Waals surface area contributed by atoms with Crippen LogP contribution in [-0.4, -0.2) is 45.5 Å². The molecule has 0 aliphatic carbocycles. The van der Waals surface area contributed by atoms with Gasteiger partial charge in [-0.05, 0) is 19.1 Å². The van der Waals surface area contributed by atoms with Gasteiger partial charge < -0.3 is 0 Å². The van der Waals surface area contributed by atoms with Crippen LogP contribution in [0.4, 0.5) is 0 Å². The highest BCUT2D eigenvalue weighted by atomic mass is 32.2. The summed E-state index contributed by atoms with van der Waals surface area (Å²) in [6.07, 6.45) is 0.502. The molecule has 0 saturated carbocycles. The molecule has 0 radical (unpaired) electrons. The molecule has 8 heteroatoms. The van der Waals surface area contributed by atoms with E-state index in [9.17, 15) is 13.2 Å². The van der Waals surface area contributed by atoms with E-state index in [1.165, 1.54) is 19.2 Å². The van der Waals surface area contributed by atoms with Gasteiger partial charge in [0.05, 0.1) is 18.6 Å². The van der Waals surface area contributed by atoms with Gasteiger partial charge in [-0.2, -0.15) is 10.2 Å². The fourth-order valence-corrected chi connectivity index (χ4v) is 4.84. The Balaban J connectivity index is 2.17. The summed E-state index contributed by atoms with van der Waals surface area (Å²) >= 11 is 0. The maximum absolute atomic E-state index is 12.6. The highest BCUT2D eigenvalue weighted by Crippen LogP contribution is 2.26. The molecule has 1 amide bonds. The normalized spacial score (nSPS) is 21.4. The van der Waals surface area contributed by atoms with Crippen molar-refractivity contribution in [3.63, 3.8) is 0 Å². The molecule has 2 rings (SSSR count). The smallest absolute Gasteiger partial charge is 0.266 e. The number of azo groups is 1. The second-order valence-electron chi connectivity index (χ2n) is 6.99. The first-order valence-electron chi connectivity index (χ1n) is 7.53. The molecule has 1 aromatic rings. The first-order chi connectivity index (χ1) is 10.5. The zero-order chi connectivity index (χ0) is 17.4. The number of likely N-dealkylation sites (N-methyl/N-ethyl adjacent to an activating group) is 1. The maximum Gasteiger partial charge on any atom is 0.266 e. The number of rotatable bonds is 4. The molecule has 1 heterocycles. The molecule has 6 nitrogen and oxygen atoms in total. The largest absolute Gasteiger partial charge is 0.271 e. The summed E-state index contributed by atoms with van der Waals surface area (Å²) in [5.41, 5.74) is 1.02. The van der Waals surface area contributed by atoms with E-state index in [4.69, 9.17) is 0 Å². The SMILES string of the molecule is Cc1ccc(S(=O)(=O)N(C)C(=O)C2CC([Si](C)(C)C)N=N2)cc1. The Morgan fingerprint density at radius 2 is 1.74 bits per heavy atom. The van der Waals surface area contributed by atoms with Gasteiger partial charge in [-0.3, -0.25) is 4.79 Å². The predicted molar refractivity (Wildman–Crippen MR) is 91.5 cm³/mol. The number of nitrogens with zero attached hydrogens (tertiary/aromatic N) is 3. The number of carbonyl (C=O) groups is 1. The number of aryl methyl sites for hydroxylation is 1. The molecule has 126 valence electrons. The van der Waals surface area contributed by atoms with Crippen molar-refractivity contribution >= 4 is 24.0 Å². The Morgan fingerprint density at radius 3 is 2.22 bits per heavy atom. The number of sulfonamides is 1. The average molecular weight is 354 g/mol. The van der Waals surface area contributed by atoms with Crippen LogP contribution in [0.1, 0.15) is 12.0 Å². The van der Waals surface area contributed by atoms with Crippen LogP contribution in [-0.2, 0) is 14.8 Å². The molecule has 2 unspecified atom stereocenters. The zero-order valence-electron chi connectivity index (χ0n) is 14.1. The Hall–Kier alpha value is -1.54. The number of benzene rings is 1. The molecule has 0 fully saturated rings. The second kappa shape index (κ2) is 6.16. The summed E-state index contributed by atoms with van der Waals surface area (Å²) in [5, 5.41) is 8.23. The summed E-state index contributed by atoms with van der Waals surface area (Å²) in [7, 11) is -4.11. The van der Waals surface area contributed by atoms with Gasteiger partial charge in [0.1, 0.15) is 0 Å². The van der Waals surface area contributed by atoms with E-state index in [0.29, 0.717) is 6.42 Å². The summed E-state index contributed by atoms with van der Waals surface area (Å²) in [6.45, 7) is 8.36. The monoisotopic (exact) mass is 353 g/mol. The minimum atomic E-state index is -3.85. The van der Waals surface area contributed by atoms with Gasteiger partial charge in [0.25, 0.3) is 15.9 Å². The Kier molecular flexibility index (Phi) is 4.77. The van der Waals surface area contributed by atoms with E-state index >= 15 is 0 Å². The van der Waals surface area contributed by atoms with Gasteiger partial charge in [0.2, 0.25) is 0 Å². The van der Waals surface area contributed by atoms with Crippen LogP contribution in [0.15, 0.2) is 39.4 Å². The lowest BCUT2D eigenvalue weighted by atomic mass is 10.2. The van der Waals surface area contributed by atoms with E-state index in [-0.39, 0.29) is 10.6 Å². The van der Waals surface area contributed by atoms with Gasteiger partial charge in [0.15, 0.2) is 6.04 Å².